The lowest BCUT2D eigenvalue weighted by Gasteiger charge is -2.27. The molecule has 3 amide bonds. The molecule has 124 valence electrons. The summed E-state index contributed by atoms with van der Waals surface area (Å²) in [5.41, 5.74) is 1.43. The number of rotatable bonds is 5. The van der Waals surface area contributed by atoms with Crippen LogP contribution in [0.5, 0.6) is 0 Å². The smallest absolute Gasteiger partial charge is 0.321 e. The molecule has 5 heteroatoms. The number of quaternary nitrogens is 1. The number of hydrogen-bond donors (Lipinski definition) is 3. The minimum absolute atomic E-state index is 0.168. The third-order valence-corrected chi connectivity index (χ3v) is 4.64. The molecule has 0 spiro atoms. The molecule has 2 atom stereocenters. The van der Waals surface area contributed by atoms with Crippen LogP contribution in [0.15, 0.2) is 11.6 Å². The molecule has 1 saturated heterocycles. The molecule has 3 N–H and O–H groups in total. The van der Waals surface area contributed by atoms with E-state index in [2.05, 4.69) is 23.6 Å². The molecule has 0 bridgehead atoms. The highest BCUT2D eigenvalue weighted by Gasteiger charge is 2.22. The van der Waals surface area contributed by atoms with Gasteiger partial charge >= 0.3 is 6.03 Å². The van der Waals surface area contributed by atoms with Crippen molar-refractivity contribution in [3.05, 3.63) is 11.6 Å². The maximum Gasteiger partial charge on any atom is 0.321 e. The van der Waals surface area contributed by atoms with Crippen LogP contribution < -0.4 is 15.5 Å². The first-order chi connectivity index (χ1) is 10.6. The van der Waals surface area contributed by atoms with Gasteiger partial charge in [0.15, 0.2) is 6.54 Å². The minimum Gasteiger partial charge on any atom is -0.337 e. The normalized spacial score (nSPS) is 25.2. The van der Waals surface area contributed by atoms with E-state index in [1.807, 2.05) is 0 Å². The highest BCUT2D eigenvalue weighted by molar-refractivity contribution is 5.94. The summed E-state index contributed by atoms with van der Waals surface area (Å²) >= 11 is 0. The SMILES string of the molecule is C[C@H]1CCC[NH+](CC(=O)NC(=O)NCCC2=CCCCC2)C1. The molecule has 22 heavy (non-hydrogen) atoms. The van der Waals surface area contributed by atoms with Crippen molar-refractivity contribution in [3.63, 3.8) is 0 Å². The van der Waals surface area contributed by atoms with Crippen LogP contribution in [0.2, 0.25) is 0 Å². The largest absolute Gasteiger partial charge is 0.337 e. The highest BCUT2D eigenvalue weighted by Crippen LogP contribution is 2.19. The van der Waals surface area contributed by atoms with E-state index in [0.717, 1.165) is 32.4 Å². The van der Waals surface area contributed by atoms with Crippen molar-refractivity contribution < 1.29 is 14.5 Å². The maximum absolute atomic E-state index is 11.9. The van der Waals surface area contributed by atoms with E-state index in [4.69, 9.17) is 0 Å². The van der Waals surface area contributed by atoms with Crippen LogP contribution >= 0.6 is 0 Å². The molecule has 1 aliphatic carbocycles. The van der Waals surface area contributed by atoms with Crippen molar-refractivity contribution in [2.24, 2.45) is 5.92 Å². The van der Waals surface area contributed by atoms with Crippen LogP contribution in [0.4, 0.5) is 4.79 Å². The molecule has 0 aromatic carbocycles. The lowest BCUT2D eigenvalue weighted by atomic mass is 9.97. The second kappa shape index (κ2) is 8.93. The Bertz CT molecular complexity index is 420. The number of carbonyl (C=O) groups is 2. The van der Waals surface area contributed by atoms with E-state index in [0.29, 0.717) is 19.0 Å². The average Bonchev–Trinajstić information content (AvgIpc) is 2.48. The van der Waals surface area contributed by atoms with Crippen LogP contribution in [0.3, 0.4) is 0 Å². The summed E-state index contributed by atoms with van der Waals surface area (Å²) in [4.78, 5) is 24.9. The average molecular weight is 308 g/mol. The summed E-state index contributed by atoms with van der Waals surface area (Å²) in [6.45, 7) is 5.31. The van der Waals surface area contributed by atoms with Gasteiger partial charge < -0.3 is 10.2 Å². The Kier molecular flexibility index (Phi) is 6.90. The Morgan fingerprint density at radius 2 is 2.18 bits per heavy atom. The third-order valence-electron chi connectivity index (χ3n) is 4.64. The van der Waals surface area contributed by atoms with Gasteiger partial charge in [-0.25, -0.2) is 4.79 Å². The van der Waals surface area contributed by atoms with Crippen LogP contribution in [-0.2, 0) is 4.79 Å². The van der Waals surface area contributed by atoms with Gasteiger partial charge in [0.25, 0.3) is 5.91 Å². The van der Waals surface area contributed by atoms with Crippen LogP contribution in [-0.4, -0.2) is 38.1 Å². The first-order valence-electron chi connectivity index (χ1n) is 8.72. The molecule has 5 nitrogen and oxygen atoms in total. The summed E-state index contributed by atoms with van der Waals surface area (Å²) in [7, 11) is 0. The first kappa shape index (κ1) is 17.0. The van der Waals surface area contributed by atoms with E-state index in [1.54, 1.807) is 0 Å². The molecule has 0 radical (unpaired) electrons. The molecule has 0 saturated carbocycles. The van der Waals surface area contributed by atoms with Crippen molar-refractivity contribution in [3.8, 4) is 0 Å². The van der Waals surface area contributed by atoms with Gasteiger partial charge in [-0.3, -0.25) is 10.1 Å². The zero-order valence-corrected chi connectivity index (χ0v) is 13.7. The fourth-order valence-electron chi connectivity index (χ4n) is 3.47. The predicted octanol–water partition coefficient (Wildman–Crippen LogP) is 1.02. The summed E-state index contributed by atoms with van der Waals surface area (Å²) in [6, 6.07) is -0.356. The molecule has 1 aliphatic heterocycles. The van der Waals surface area contributed by atoms with Crippen molar-refractivity contribution in [2.75, 3.05) is 26.2 Å². The van der Waals surface area contributed by atoms with E-state index < -0.39 is 0 Å². The number of carbonyl (C=O) groups excluding carboxylic acids is 2. The van der Waals surface area contributed by atoms with Crippen LogP contribution in [0.1, 0.15) is 51.9 Å². The zero-order valence-electron chi connectivity index (χ0n) is 13.7. The lowest BCUT2D eigenvalue weighted by molar-refractivity contribution is -0.900. The predicted molar refractivity (Wildman–Crippen MR) is 86.7 cm³/mol. The monoisotopic (exact) mass is 308 g/mol. The van der Waals surface area contributed by atoms with Gasteiger partial charge in [0.2, 0.25) is 0 Å². The second-order valence-corrected chi connectivity index (χ2v) is 6.79. The number of likely N-dealkylation sites (tertiary alicyclic amines) is 1. The lowest BCUT2D eigenvalue weighted by Crippen LogP contribution is -3.14. The molecular formula is C17H30N3O2+. The van der Waals surface area contributed by atoms with Gasteiger partial charge in [-0.1, -0.05) is 18.6 Å². The number of urea groups is 1. The summed E-state index contributed by atoms with van der Waals surface area (Å²) in [5, 5.41) is 5.24. The van der Waals surface area contributed by atoms with E-state index in [9.17, 15) is 9.59 Å². The van der Waals surface area contributed by atoms with Gasteiger partial charge in [-0.2, -0.15) is 0 Å². The van der Waals surface area contributed by atoms with Gasteiger partial charge in [0.1, 0.15) is 0 Å². The Labute approximate surface area is 133 Å². The van der Waals surface area contributed by atoms with Gasteiger partial charge in [0.05, 0.1) is 13.1 Å². The first-order valence-corrected chi connectivity index (χ1v) is 8.72. The van der Waals surface area contributed by atoms with Gasteiger partial charge in [-0.05, 0) is 44.9 Å². The Morgan fingerprint density at radius 1 is 1.32 bits per heavy atom. The molecular weight excluding hydrogens is 278 g/mol. The summed E-state index contributed by atoms with van der Waals surface area (Å²) in [6.07, 6.45) is 10.5. The Morgan fingerprint density at radius 3 is 2.91 bits per heavy atom. The molecule has 1 heterocycles. The Hall–Kier alpha value is -1.36. The van der Waals surface area contributed by atoms with Crippen molar-refractivity contribution in [1.82, 2.24) is 10.6 Å². The number of allylic oxidation sites excluding steroid dienone is 1. The number of piperidine rings is 1. The fourth-order valence-corrected chi connectivity index (χ4v) is 3.47. The third kappa shape index (κ3) is 6.18. The summed E-state index contributed by atoms with van der Waals surface area (Å²) in [5.74, 6) is 0.507. The minimum atomic E-state index is -0.356. The molecule has 2 aliphatic rings. The van der Waals surface area contributed by atoms with E-state index >= 15 is 0 Å². The van der Waals surface area contributed by atoms with Crippen molar-refractivity contribution in [1.29, 1.82) is 0 Å². The molecule has 1 fully saturated rings. The fraction of sp³-hybridized carbons (Fsp3) is 0.765. The van der Waals surface area contributed by atoms with E-state index in [-0.39, 0.29) is 11.9 Å². The van der Waals surface area contributed by atoms with Crippen LogP contribution in [0, 0.1) is 5.92 Å². The zero-order chi connectivity index (χ0) is 15.8. The standard InChI is InChI=1S/C17H29N3O2/c1-14-6-5-11-20(12-14)13-16(21)19-17(22)18-10-9-15-7-3-2-4-8-15/h7,14H,2-6,8-13H2,1H3,(H2,18,19,21,22)/p+1/t14-/m0/s1. The second-order valence-electron chi connectivity index (χ2n) is 6.79. The van der Waals surface area contributed by atoms with Crippen molar-refractivity contribution >= 4 is 11.9 Å². The number of nitrogens with one attached hydrogen (secondary N) is 3. The van der Waals surface area contributed by atoms with Gasteiger partial charge in [-0.15, -0.1) is 0 Å². The molecule has 2 rings (SSSR count). The molecule has 1 unspecified atom stereocenters. The number of imide groups is 1. The molecule has 0 aromatic rings. The quantitative estimate of drug-likeness (QED) is 0.664. The summed E-state index contributed by atoms with van der Waals surface area (Å²) < 4.78 is 0. The van der Waals surface area contributed by atoms with Crippen LogP contribution in [0.25, 0.3) is 0 Å². The van der Waals surface area contributed by atoms with Crippen molar-refractivity contribution in [2.45, 2.75) is 51.9 Å². The number of hydrogen-bond acceptors (Lipinski definition) is 2. The maximum atomic E-state index is 11.9. The molecule has 0 aromatic heterocycles. The topological polar surface area (TPSA) is 62.6 Å². The van der Waals surface area contributed by atoms with Gasteiger partial charge in [0, 0.05) is 12.5 Å². The highest BCUT2D eigenvalue weighted by atomic mass is 16.2. The van der Waals surface area contributed by atoms with E-state index in [1.165, 1.54) is 36.2 Å². The number of amides is 3. The Balaban J connectivity index is 1.59.